The summed E-state index contributed by atoms with van der Waals surface area (Å²) in [5.74, 6) is 0. The number of anilines is 1. The molecule has 1 heterocycles. The van der Waals surface area contributed by atoms with Gasteiger partial charge in [-0.05, 0) is 41.9 Å². The van der Waals surface area contributed by atoms with Crippen LogP contribution < -0.4 is 4.72 Å². The van der Waals surface area contributed by atoms with Crippen molar-refractivity contribution in [2.45, 2.75) is 13.8 Å². The second-order valence-electron chi connectivity index (χ2n) is 4.72. The van der Waals surface area contributed by atoms with Gasteiger partial charge in [-0.2, -0.15) is 5.10 Å². The van der Waals surface area contributed by atoms with Crippen LogP contribution in [-0.2, 0) is 18.0 Å². The van der Waals surface area contributed by atoms with Crippen LogP contribution in [0.15, 0.2) is 55.7 Å². The van der Waals surface area contributed by atoms with Gasteiger partial charge >= 0.3 is 0 Å². The van der Waals surface area contributed by atoms with Crippen molar-refractivity contribution in [3.63, 3.8) is 0 Å². The number of nitrogens with one attached hydrogen (secondary N) is 1. The van der Waals surface area contributed by atoms with Crippen molar-refractivity contribution in [3.05, 3.63) is 55.7 Å². The first-order valence-corrected chi connectivity index (χ1v) is 10.2. The molecule has 0 amide bonds. The number of thioether (sulfide) groups is 1. The first-order valence-electron chi connectivity index (χ1n) is 7.08. The number of hydrogen-bond acceptors (Lipinski definition) is 3. The third-order valence-corrected chi connectivity index (χ3v) is 6.71. The van der Waals surface area contributed by atoms with E-state index in [2.05, 4.69) is 25.8 Å². The summed E-state index contributed by atoms with van der Waals surface area (Å²) in [7, 11) is 0.499. The first-order chi connectivity index (χ1) is 11.5. The summed E-state index contributed by atoms with van der Waals surface area (Å²) in [6, 6.07) is 7.71. The number of aromatic nitrogens is 2. The van der Waals surface area contributed by atoms with Gasteiger partial charge in [-0.25, -0.2) is 4.21 Å². The minimum absolute atomic E-state index is 0.589. The molecule has 1 unspecified atom stereocenters. The fourth-order valence-electron chi connectivity index (χ4n) is 1.98. The van der Waals surface area contributed by atoms with E-state index in [1.54, 1.807) is 23.0 Å². The van der Waals surface area contributed by atoms with E-state index in [9.17, 15) is 4.21 Å². The summed E-state index contributed by atoms with van der Waals surface area (Å²) >= 11 is 10.8. The van der Waals surface area contributed by atoms with Crippen LogP contribution in [0.4, 0.5) is 5.69 Å². The Morgan fingerprint density at radius 2 is 2.17 bits per heavy atom. The summed E-state index contributed by atoms with van der Waals surface area (Å²) in [4.78, 5) is 0. The molecule has 4 nitrogen and oxygen atoms in total. The SMILES string of the molecule is C/C=C(/Cl)S/C(=C\C)S(=O)Nc1cccc(-c2c(Br)cnn2C)c1. The number of nitrogens with zero attached hydrogens (tertiary/aromatic N) is 2. The fraction of sp³-hybridized carbons (Fsp3) is 0.188. The van der Waals surface area contributed by atoms with Gasteiger partial charge in [0, 0.05) is 18.3 Å². The molecule has 1 atom stereocenters. The topological polar surface area (TPSA) is 46.9 Å². The van der Waals surface area contributed by atoms with Crippen LogP contribution in [0.2, 0.25) is 0 Å². The predicted octanol–water partition coefficient (Wildman–Crippen LogP) is 5.62. The van der Waals surface area contributed by atoms with E-state index in [-0.39, 0.29) is 0 Å². The van der Waals surface area contributed by atoms with E-state index in [4.69, 9.17) is 11.6 Å². The zero-order valence-corrected chi connectivity index (χ0v) is 17.4. The summed E-state index contributed by atoms with van der Waals surface area (Å²) in [6.45, 7) is 3.68. The van der Waals surface area contributed by atoms with Crippen molar-refractivity contribution in [1.82, 2.24) is 9.78 Å². The highest BCUT2D eigenvalue weighted by atomic mass is 79.9. The van der Waals surface area contributed by atoms with E-state index >= 15 is 0 Å². The Morgan fingerprint density at radius 1 is 1.42 bits per heavy atom. The molecule has 128 valence electrons. The second kappa shape index (κ2) is 8.89. The lowest BCUT2D eigenvalue weighted by atomic mass is 10.1. The lowest BCUT2D eigenvalue weighted by Crippen LogP contribution is -2.05. The van der Waals surface area contributed by atoms with Crippen molar-refractivity contribution in [3.8, 4) is 11.3 Å². The molecule has 0 saturated carbocycles. The second-order valence-corrected chi connectivity index (χ2v) is 8.73. The number of hydrogen-bond donors (Lipinski definition) is 1. The monoisotopic (exact) mass is 445 g/mol. The molecule has 2 aromatic rings. The van der Waals surface area contributed by atoms with E-state index in [1.165, 1.54) is 11.8 Å². The number of aryl methyl sites for hydroxylation is 1. The molecule has 0 spiro atoms. The number of benzene rings is 1. The maximum atomic E-state index is 12.5. The third kappa shape index (κ3) is 4.75. The van der Waals surface area contributed by atoms with Gasteiger partial charge in [0.25, 0.3) is 0 Å². The number of halogens is 2. The minimum atomic E-state index is -1.38. The third-order valence-electron chi connectivity index (χ3n) is 3.08. The molecule has 0 aliphatic rings. The smallest absolute Gasteiger partial charge is 0.156 e. The molecular weight excluding hydrogens is 430 g/mol. The van der Waals surface area contributed by atoms with Gasteiger partial charge < -0.3 is 4.72 Å². The van der Waals surface area contributed by atoms with Gasteiger partial charge in [0.1, 0.15) is 0 Å². The highest BCUT2D eigenvalue weighted by Gasteiger charge is 2.12. The average molecular weight is 447 g/mol. The molecule has 0 aliphatic carbocycles. The maximum Gasteiger partial charge on any atom is 0.156 e. The van der Waals surface area contributed by atoms with Gasteiger partial charge in [0.2, 0.25) is 0 Å². The van der Waals surface area contributed by atoms with Gasteiger partial charge in [0.05, 0.1) is 25.0 Å². The van der Waals surface area contributed by atoms with E-state index in [1.807, 2.05) is 45.2 Å². The zero-order valence-electron chi connectivity index (χ0n) is 13.4. The van der Waals surface area contributed by atoms with Gasteiger partial charge in [-0.3, -0.25) is 4.68 Å². The Balaban J connectivity index is 2.22. The first kappa shape index (κ1) is 19.3. The van der Waals surface area contributed by atoms with Gasteiger partial charge in [-0.1, -0.05) is 47.6 Å². The largest absolute Gasteiger partial charge is 0.301 e. The zero-order chi connectivity index (χ0) is 17.7. The molecule has 2 rings (SSSR count). The summed E-state index contributed by atoms with van der Waals surface area (Å²) in [6.07, 6.45) is 5.32. The average Bonchev–Trinajstić information content (AvgIpc) is 2.91. The quantitative estimate of drug-likeness (QED) is 0.626. The van der Waals surface area contributed by atoms with Crippen LogP contribution in [0, 0.1) is 0 Å². The van der Waals surface area contributed by atoms with Crippen molar-refractivity contribution < 1.29 is 4.21 Å². The number of rotatable bonds is 6. The molecule has 0 fully saturated rings. The highest BCUT2D eigenvalue weighted by molar-refractivity contribution is 9.10. The molecule has 0 saturated heterocycles. The molecule has 1 N–H and O–H groups in total. The van der Waals surface area contributed by atoms with E-state index < -0.39 is 11.0 Å². The van der Waals surface area contributed by atoms with Crippen molar-refractivity contribution >= 4 is 56.0 Å². The highest BCUT2D eigenvalue weighted by Crippen LogP contribution is 2.32. The van der Waals surface area contributed by atoms with Crippen molar-refractivity contribution in [2.24, 2.45) is 7.05 Å². The Kier molecular flexibility index (Phi) is 7.16. The number of allylic oxidation sites excluding steroid dienone is 2. The Bertz CT molecular complexity index is 798. The predicted molar refractivity (Wildman–Crippen MR) is 109 cm³/mol. The Labute approximate surface area is 162 Å². The Hall–Kier alpha value is -1.02. The maximum absolute atomic E-state index is 12.5. The Morgan fingerprint density at radius 3 is 2.75 bits per heavy atom. The summed E-state index contributed by atoms with van der Waals surface area (Å²) in [5, 5.41) is 4.22. The summed E-state index contributed by atoms with van der Waals surface area (Å²) in [5.41, 5.74) is 2.70. The van der Waals surface area contributed by atoms with Crippen LogP contribution in [0.3, 0.4) is 0 Å². The molecule has 0 bridgehead atoms. The molecule has 0 radical (unpaired) electrons. The van der Waals surface area contributed by atoms with Gasteiger partial charge in [-0.15, -0.1) is 0 Å². The molecular formula is C16H17BrClN3OS2. The van der Waals surface area contributed by atoms with Crippen LogP contribution in [-0.4, -0.2) is 14.0 Å². The van der Waals surface area contributed by atoms with Crippen LogP contribution in [0.1, 0.15) is 13.8 Å². The van der Waals surface area contributed by atoms with Gasteiger partial charge in [0.15, 0.2) is 11.0 Å². The minimum Gasteiger partial charge on any atom is -0.301 e. The molecule has 1 aromatic carbocycles. The van der Waals surface area contributed by atoms with Crippen molar-refractivity contribution in [2.75, 3.05) is 4.72 Å². The normalized spacial score (nSPS) is 13.9. The van der Waals surface area contributed by atoms with E-state index in [0.29, 0.717) is 8.60 Å². The van der Waals surface area contributed by atoms with E-state index in [0.717, 1.165) is 21.4 Å². The summed E-state index contributed by atoms with van der Waals surface area (Å²) < 4.78 is 19.5. The molecule has 1 aromatic heterocycles. The lowest BCUT2D eigenvalue weighted by Gasteiger charge is -2.10. The lowest BCUT2D eigenvalue weighted by molar-refractivity contribution is 0.691. The van der Waals surface area contributed by atoms with Crippen LogP contribution >= 0.6 is 39.3 Å². The van der Waals surface area contributed by atoms with Crippen LogP contribution in [0.5, 0.6) is 0 Å². The molecule has 8 heteroatoms. The van der Waals surface area contributed by atoms with Crippen LogP contribution in [0.25, 0.3) is 11.3 Å². The standard InChI is InChI=1S/C16H17BrClN3OS2/c1-4-14(18)23-15(5-2)24(22)20-12-8-6-7-11(9-12)16-13(17)10-19-21(16)3/h4-10,20H,1-3H3/b14-4-,15-5+. The molecule has 0 aliphatic heterocycles. The molecule has 24 heavy (non-hydrogen) atoms. The fourth-order valence-corrected chi connectivity index (χ4v) is 4.73. The van der Waals surface area contributed by atoms with Crippen molar-refractivity contribution in [1.29, 1.82) is 0 Å².